The number of hydrogen-bond donors (Lipinski definition) is 2. The Bertz CT molecular complexity index is 595. The molecular weight excluding hydrogens is 247 g/mol. The van der Waals surface area contributed by atoms with Crippen LogP contribution in [0, 0.1) is 12.7 Å². The molecule has 2 aromatic rings. The van der Waals surface area contributed by atoms with Gasteiger partial charge < -0.3 is 10.1 Å². The number of nitrogens with zero attached hydrogens (tertiary/aromatic N) is 1. The highest BCUT2D eigenvalue weighted by Crippen LogP contribution is 2.29. The number of halogens is 2. The van der Waals surface area contributed by atoms with Crippen molar-refractivity contribution in [3.8, 4) is 11.3 Å². The molecule has 0 amide bonds. The number of carboxylic acid groups (broad SMARTS) is 1. The average molecular weight is 255 g/mol. The minimum atomic E-state index is -1.18. The number of hydrogen-bond acceptors (Lipinski definition) is 2. The van der Waals surface area contributed by atoms with Gasteiger partial charge in [0.25, 0.3) is 0 Å². The number of aromatic carboxylic acids is 1. The molecule has 2 N–H and O–H groups in total. The molecule has 2 rings (SSSR count). The standard InChI is InChI=1S/C11H8ClFN2O2/c1-5-2-7(12)6(3-8(5)13)9-4-14-10(15-9)11(16)17/h2-4H,1H3,(H,14,15)(H,16,17). The summed E-state index contributed by atoms with van der Waals surface area (Å²) in [6.07, 6.45) is 1.30. The summed E-state index contributed by atoms with van der Waals surface area (Å²) in [7, 11) is 0. The molecule has 0 fully saturated rings. The number of rotatable bonds is 2. The van der Waals surface area contributed by atoms with Gasteiger partial charge in [-0.1, -0.05) is 11.6 Å². The summed E-state index contributed by atoms with van der Waals surface area (Å²) in [6, 6.07) is 2.73. The van der Waals surface area contributed by atoms with Crippen molar-refractivity contribution in [1.82, 2.24) is 9.97 Å². The third-order valence-corrected chi connectivity index (χ3v) is 2.63. The Morgan fingerprint density at radius 2 is 2.24 bits per heavy atom. The molecule has 0 unspecified atom stereocenters. The van der Waals surface area contributed by atoms with Crippen LogP contribution in [0.2, 0.25) is 5.02 Å². The molecule has 1 heterocycles. The maximum absolute atomic E-state index is 13.4. The van der Waals surface area contributed by atoms with Gasteiger partial charge in [-0.3, -0.25) is 0 Å². The van der Waals surface area contributed by atoms with E-state index in [2.05, 4.69) is 9.97 Å². The van der Waals surface area contributed by atoms with Crippen LogP contribution < -0.4 is 0 Å². The minimum Gasteiger partial charge on any atom is -0.475 e. The van der Waals surface area contributed by atoms with E-state index < -0.39 is 11.8 Å². The Balaban J connectivity index is 2.52. The Kier molecular flexibility index (Phi) is 2.85. The zero-order valence-corrected chi connectivity index (χ0v) is 9.55. The van der Waals surface area contributed by atoms with Gasteiger partial charge in [-0.2, -0.15) is 0 Å². The first-order chi connectivity index (χ1) is 7.99. The summed E-state index contributed by atoms with van der Waals surface area (Å²) in [5, 5.41) is 9.05. The second-order valence-electron chi connectivity index (χ2n) is 3.53. The van der Waals surface area contributed by atoms with Crippen LogP contribution in [-0.4, -0.2) is 21.0 Å². The van der Waals surface area contributed by atoms with Crippen molar-refractivity contribution in [3.05, 3.63) is 40.6 Å². The fourth-order valence-electron chi connectivity index (χ4n) is 1.42. The monoisotopic (exact) mass is 254 g/mol. The van der Waals surface area contributed by atoms with E-state index in [4.69, 9.17) is 16.7 Å². The highest BCUT2D eigenvalue weighted by Gasteiger charge is 2.13. The maximum Gasteiger partial charge on any atom is 0.371 e. The van der Waals surface area contributed by atoms with E-state index in [1.807, 2.05) is 0 Å². The fourth-order valence-corrected chi connectivity index (χ4v) is 1.74. The number of aryl methyl sites for hydroxylation is 1. The van der Waals surface area contributed by atoms with Crippen LogP contribution in [0.25, 0.3) is 11.3 Å². The van der Waals surface area contributed by atoms with E-state index in [0.29, 0.717) is 21.8 Å². The molecule has 0 radical (unpaired) electrons. The van der Waals surface area contributed by atoms with Crippen molar-refractivity contribution in [2.45, 2.75) is 6.92 Å². The summed E-state index contributed by atoms with van der Waals surface area (Å²) in [4.78, 5) is 16.9. The normalized spacial score (nSPS) is 10.5. The maximum atomic E-state index is 13.4. The zero-order chi connectivity index (χ0) is 12.6. The van der Waals surface area contributed by atoms with Gasteiger partial charge in [0.2, 0.25) is 5.82 Å². The first-order valence-electron chi connectivity index (χ1n) is 4.73. The molecule has 0 aliphatic rings. The van der Waals surface area contributed by atoms with Crippen LogP contribution in [0.3, 0.4) is 0 Å². The minimum absolute atomic E-state index is 0.211. The third-order valence-electron chi connectivity index (χ3n) is 2.32. The van der Waals surface area contributed by atoms with Crippen LogP contribution in [0.1, 0.15) is 16.2 Å². The molecule has 17 heavy (non-hydrogen) atoms. The number of benzene rings is 1. The van der Waals surface area contributed by atoms with E-state index in [1.54, 1.807) is 6.92 Å². The van der Waals surface area contributed by atoms with E-state index in [-0.39, 0.29) is 5.82 Å². The largest absolute Gasteiger partial charge is 0.475 e. The van der Waals surface area contributed by atoms with Crippen LogP contribution in [0.15, 0.2) is 18.3 Å². The number of H-pyrrole nitrogens is 1. The first-order valence-corrected chi connectivity index (χ1v) is 5.11. The van der Waals surface area contributed by atoms with Crippen molar-refractivity contribution in [1.29, 1.82) is 0 Å². The fraction of sp³-hybridized carbons (Fsp3) is 0.0909. The van der Waals surface area contributed by atoms with E-state index in [9.17, 15) is 9.18 Å². The van der Waals surface area contributed by atoms with Gasteiger partial charge in [0.05, 0.1) is 16.9 Å². The smallest absolute Gasteiger partial charge is 0.371 e. The number of imidazole rings is 1. The lowest BCUT2D eigenvalue weighted by Crippen LogP contribution is -1.98. The van der Waals surface area contributed by atoms with Crippen molar-refractivity contribution >= 4 is 17.6 Å². The molecule has 0 bridgehead atoms. The van der Waals surface area contributed by atoms with Gasteiger partial charge in [-0.05, 0) is 24.6 Å². The van der Waals surface area contributed by atoms with E-state index in [1.165, 1.54) is 18.3 Å². The van der Waals surface area contributed by atoms with Crippen molar-refractivity contribution in [2.24, 2.45) is 0 Å². The van der Waals surface area contributed by atoms with Crippen molar-refractivity contribution in [2.75, 3.05) is 0 Å². The van der Waals surface area contributed by atoms with Gasteiger partial charge >= 0.3 is 5.97 Å². The van der Waals surface area contributed by atoms with Gasteiger partial charge in [-0.25, -0.2) is 14.2 Å². The molecule has 1 aromatic carbocycles. The summed E-state index contributed by atoms with van der Waals surface area (Å²) in [5.74, 6) is -1.80. The van der Waals surface area contributed by atoms with Crippen LogP contribution in [0.5, 0.6) is 0 Å². The van der Waals surface area contributed by atoms with Crippen molar-refractivity contribution in [3.63, 3.8) is 0 Å². The van der Waals surface area contributed by atoms with Gasteiger partial charge in [-0.15, -0.1) is 0 Å². The third kappa shape index (κ3) is 2.14. The summed E-state index contributed by atoms with van der Waals surface area (Å²) >= 11 is 5.96. The Morgan fingerprint density at radius 3 is 2.82 bits per heavy atom. The SMILES string of the molecule is Cc1cc(Cl)c(-c2cnc(C(=O)O)[nH]2)cc1F. The molecule has 0 spiro atoms. The Hall–Kier alpha value is -1.88. The number of carboxylic acids is 1. The highest BCUT2D eigenvalue weighted by molar-refractivity contribution is 6.33. The zero-order valence-electron chi connectivity index (χ0n) is 8.79. The van der Waals surface area contributed by atoms with Gasteiger partial charge in [0.1, 0.15) is 5.82 Å². The predicted molar refractivity (Wildman–Crippen MR) is 60.7 cm³/mol. The van der Waals surface area contributed by atoms with Gasteiger partial charge in [0.15, 0.2) is 0 Å². The Morgan fingerprint density at radius 1 is 1.53 bits per heavy atom. The highest BCUT2D eigenvalue weighted by atomic mass is 35.5. The number of aromatic amines is 1. The number of aromatic nitrogens is 2. The van der Waals surface area contributed by atoms with Crippen LogP contribution >= 0.6 is 11.6 Å². The second-order valence-corrected chi connectivity index (χ2v) is 3.94. The molecule has 0 aliphatic carbocycles. The predicted octanol–water partition coefficient (Wildman–Crippen LogP) is 2.88. The topological polar surface area (TPSA) is 66.0 Å². The van der Waals surface area contributed by atoms with E-state index >= 15 is 0 Å². The quantitative estimate of drug-likeness (QED) is 0.866. The van der Waals surface area contributed by atoms with Crippen LogP contribution in [0.4, 0.5) is 4.39 Å². The van der Waals surface area contributed by atoms with Crippen molar-refractivity contribution < 1.29 is 14.3 Å². The summed E-state index contributed by atoms with van der Waals surface area (Å²) in [6.45, 7) is 1.60. The molecule has 0 atom stereocenters. The lowest BCUT2D eigenvalue weighted by molar-refractivity contribution is 0.0685. The summed E-state index contributed by atoms with van der Waals surface area (Å²) < 4.78 is 13.4. The average Bonchev–Trinajstić information content (AvgIpc) is 2.72. The lowest BCUT2D eigenvalue weighted by atomic mass is 10.1. The number of carbonyl (C=O) groups is 1. The Labute approximate surface area is 101 Å². The molecule has 6 heteroatoms. The molecule has 0 saturated heterocycles. The molecular formula is C11H8ClFN2O2. The van der Waals surface area contributed by atoms with Gasteiger partial charge in [0, 0.05) is 5.56 Å². The molecule has 1 aromatic heterocycles. The lowest BCUT2D eigenvalue weighted by Gasteiger charge is -2.04. The first kappa shape index (κ1) is 11.6. The summed E-state index contributed by atoms with van der Waals surface area (Å²) in [5.41, 5.74) is 1.18. The molecule has 0 saturated carbocycles. The molecule has 88 valence electrons. The molecule has 4 nitrogen and oxygen atoms in total. The van der Waals surface area contributed by atoms with E-state index in [0.717, 1.165) is 0 Å². The van der Waals surface area contributed by atoms with Crippen LogP contribution in [-0.2, 0) is 0 Å². The second kappa shape index (κ2) is 4.18. The molecule has 0 aliphatic heterocycles. The number of nitrogens with one attached hydrogen (secondary N) is 1.